The quantitative estimate of drug-likeness (QED) is 0.269. The molecule has 3 fully saturated rings. The molecule has 5 amide bonds. The first-order valence-corrected chi connectivity index (χ1v) is 13.0. The normalized spacial score (nSPS) is 26.3. The zero-order valence-corrected chi connectivity index (χ0v) is 23.1. The predicted molar refractivity (Wildman–Crippen MR) is 135 cm³/mol. The highest BCUT2D eigenvalue weighted by molar-refractivity contribution is 6.51. The fourth-order valence-electron chi connectivity index (χ4n) is 4.80. The lowest BCUT2D eigenvalue weighted by Gasteiger charge is -2.38. The Labute approximate surface area is 221 Å². The van der Waals surface area contributed by atoms with Gasteiger partial charge >= 0.3 is 6.03 Å². The fourth-order valence-corrected chi connectivity index (χ4v) is 5.63. The van der Waals surface area contributed by atoms with Crippen molar-refractivity contribution in [2.24, 2.45) is 28.9 Å². The van der Waals surface area contributed by atoms with Gasteiger partial charge in [-0.1, -0.05) is 33.6 Å². The van der Waals surface area contributed by atoms with Crippen LogP contribution in [0.2, 0.25) is 0 Å². The summed E-state index contributed by atoms with van der Waals surface area (Å²) in [5, 5.41) is 8.18. The number of alkyl halides is 2. The maximum atomic E-state index is 13.8. The summed E-state index contributed by atoms with van der Waals surface area (Å²) in [6.07, 6.45) is 2.10. The van der Waals surface area contributed by atoms with Crippen LogP contribution in [0.15, 0.2) is 0 Å². The minimum atomic E-state index is -1.19. The Kier molecular flexibility index (Phi) is 7.65. The van der Waals surface area contributed by atoms with Crippen molar-refractivity contribution >= 4 is 52.7 Å². The molecule has 1 saturated heterocycles. The molecule has 0 aromatic carbocycles. The van der Waals surface area contributed by atoms with E-state index in [0.717, 1.165) is 12.8 Å². The van der Waals surface area contributed by atoms with Crippen molar-refractivity contribution in [3.63, 3.8) is 0 Å². The Balaban J connectivity index is 1.83. The van der Waals surface area contributed by atoms with Crippen molar-refractivity contribution in [1.82, 2.24) is 20.9 Å². The van der Waals surface area contributed by atoms with Crippen LogP contribution in [0.4, 0.5) is 4.79 Å². The average Bonchev–Trinajstić information content (AvgIpc) is 3.55. The van der Waals surface area contributed by atoms with Gasteiger partial charge in [-0.3, -0.25) is 19.2 Å². The number of nitrogens with one attached hydrogen (secondary N) is 3. The van der Waals surface area contributed by atoms with E-state index >= 15 is 0 Å². The number of carbonyl (C=O) groups is 5. The lowest BCUT2D eigenvalue weighted by molar-refractivity contribution is -0.144. The highest BCUT2D eigenvalue weighted by Crippen LogP contribution is 2.65. The molecule has 12 heteroatoms. The topological polar surface area (TPSA) is 151 Å². The van der Waals surface area contributed by atoms with Crippen molar-refractivity contribution in [2.45, 2.75) is 88.8 Å². The monoisotopic (exact) mass is 545 g/mol. The maximum Gasteiger partial charge on any atom is 0.315 e. The third-order valence-corrected chi connectivity index (χ3v) is 7.97. The van der Waals surface area contributed by atoms with E-state index in [2.05, 4.69) is 16.0 Å². The highest BCUT2D eigenvalue weighted by Gasteiger charge is 2.74. The number of urea groups is 1. The zero-order chi connectivity index (χ0) is 27.4. The Bertz CT molecular complexity index is 954. The van der Waals surface area contributed by atoms with E-state index in [9.17, 15) is 24.0 Å². The molecule has 2 saturated carbocycles. The van der Waals surface area contributed by atoms with E-state index in [1.165, 1.54) is 4.90 Å². The first kappa shape index (κ1) is 28.5. The minimum Gasteiger partial charge on any atom is -0.363 e. The number of likely N-dealkylation sites (tertiary alicyclic amines) is 1. The maximum absolute atomic E-state index is 13.8. The number of primary amides is 1. The number of nitrogens with two attached hydrogens (primary N) is 1. The molecule has 0 bridgehead atoms. The van der Waals surface area contributed by atoms with Crippen LogP contribution in [0.1, 0.15) is 60.8 Å². The van der Waals surface area contributed by atoms with Gasteiger partial charge in [-0.15, -0.1) is 23.2 Å². The van der Waals surface area contributed by atoms with Crippen molar-refractivity contribution in [3.8, 4) is 0 Å². The number of carbonyl (C=O) groups excluding carboxylic acids is 5. The Hall–Kier alpha value is -2.07. The number of nitrogens with zero attached hydrogens (tertiary/aromatic N) is 1. The lowest BCUT2D eigenvalue weighted by atomic mass is 9.85. The summed E-state index contributed by atoms with van der Waals surface area (Å²) in [4.78, 5) is 65.2. The molecule has 3 aliphatic rings. The molecular formula is C24H37Cl2N5O5. The molecule has 0 aromatic rings. The van der Waals surface area contributed by atoms with Gasteiger partial charge in [0.15, 0.2) is 0 Å². The zero-order valence-electron chi connectivity index (χ0n) is 21.6. The number of ketones is 1. The Morgan fingerprint density at radius 1 is 1.03 bits per heavy atom. The fraction of sp³-hybridized carbons (Fsp3) is 0.792. The summed E-state index contributed by atoms with van der Waals surface area (Å²) < 4.78 is -1.19. The number of rotatable bonds is 8. The number of piperidine rings is 1. The first-order valence-electron chi connectivity index (χ1n) is 12.3. The van der Waals surface area contributed by atoms with Gasteiger partial charge < -0.3 is 26.6 Å². The number of amides is 5. The van der Waals surface area contributed by atoms with Crippen molar-refractivity contribution in [1.29, 1.82) is 0 Å². The van der Waals surface area contributed by atoms with Crippen LogP contribution in [0.3, 0.4) is 0 Å². The SMILES string of the molecule is CC(C)(C)NC(=O)NC(C(=O)N1CC2C(C1C(=O)NC(CC1CC1)C(=O)C(N)=O)C2(Cl)Cl)C(C)(C)C. The molecule has 3 rings (SSSR count). The van der Waals surface area contributed by atoms with E-state index in [1.807, 2.05) is 41.5 Å². The second-order valence-electron chi connectivity index (χ2n) is 12.4. The molecule has 5 atom stereocenters. The summed E-state index contributed by atoms with van der Waals surface area (Å²) in [5.41, 5.74) is 4.00. The van der Waals surface area contributed by atoms with Crippen LogP contribution in [-0.2, 0) is 19.2 Å². The number of Topliss-reactive ketones (excluding diaryl/α,β-unsaturated/α-hetero) is 1. The molecule has 5 N–H and O–H groups in total. The second-order valence-corrected chi connectivity index (χ2v) is 13.8. The van der Waals surface area contributed by atoms with E-state index < -0.39 is 68.9 Å². The van der Waals surface area contributed by atoms with Crippen molar-refractivity contribution in [2.75, 3.05) is 6.54 Å². The van der Waals surface area contributed by atoms with Crippen LogP contribution >= 0.6 is 23.2 Å². The molecular weight excluding hydrogens is 509 g/mol. The third-order valence-electron chi connectivity index (χ3n) is 6.90. The minimum absolute atomic E-state index is 0.126. The molecule has 0 aromatic heterocycles. The highest BCUT2D eigenvalue weighted by atomic mass is 35.5. The summed E-state index contributed by atoms with van der Waals surface area (Å²) in [7, 11) is 0. The third kappa shape index (κ3) is 6.25. The summed E-state index contributed by atoms with van der Waals surface area (Å²) in [6, 6.07) is -3.60. The molecule has 202 valence electrons. The molecule has 1 aliphatic heterocycles. The number of hydrogen-bond donors (Lipinski definition) is 4. The summed E-state index contributed by atoms with van der Waals surface area (Å²) in [6.45, 7) is 11.0. The lowest BCUT2D eigenvalue weighted by Crippen LogP contribution is -2.62. The van der Waals surface area contributed by atoms with Crippen molar-refractivity contribution < 1.29 is 24.0 Å². The van der Waals surface area contributed by atoms with E-state index in [0.29, 0.717) is 6.42 Å². The summed E-state index contributed by atoms with van der Waals surface area (Å²) >= 11 is 12.8. The molecule has 0 spiro atoms. The van der Waals surface area contributed by atoms with Crippen LogP contribution in [0.25, 0.3) is 0 Å². The summed E-state index contributed by atoms with van der Waals surface area (Å²) in [5.74, 6) is -3.74. The Morgan fingerprint density at radius 2 is 1.61 bits per heavy atom. The number of hydrogen-bond acceptors (Lipinski definition) is 5. The van der Waals surface area contributed by atoms with Gasteiger partial charge in [0.1, 0.15) is 16.4 Å². The van der Waals surface area contributed by atoms with E-state index in [-0.39, 0.29) is 18.4 Å². The van der Waals surface area contributed by atoms with E-state index in [4.69, 9.17) is 28.9 Å². The van der Waals surface area contributed by atoms with E-state index in [1.54, 1.807) is 0 Å². The number of halogens is 2. The van der Waals surface area contributed by atoms with Gasteiger partial charge in [-0.05, 0) is 38.5 Å². The van der Waals surface area contributed by atoms with Gasteiger partial charge in [-0.2, -0.15) is 0 Å². The smallest absolute Gasteiger partial charge is 0.315 e. The van der Waals surface area contributed by atoms with Crippen LogP contribution in [-0.4, -0.2) is 69.0 Å². The standard InChI is InChI=1S/C24H37Cl2N5O5/c1-22(2,3)17(29-21(36)30-23(4,5)6)20(35)31-10-12-14(24(12,25)26)15(31)19(34)28-13(9-11-7-8-11)16(32)18(27)33/h11-15,17H,7-10H2,1-6H3,(H2,27,33)(H,28,34)(H2,29,30,36). The van der Waals surface area contributed by atoms with Crippen molar-refractivity contribution in [3.05, 3.63) is 0 Å². The van der Waals surface area contributed by atoms with Crippen LogP contribution in [0, 0.1) is 23.2 Å². The molecule has 10 nitrogen and oxygen atoms in total. The molecule has 2 aliphatic carbocycles. The van der Waals surface area contributed by atoms with Crippen LogP contribution < -0.4 is 21.7 Å². The second kappa shape index (κ2) is 9.67. The molecule has 1 heterocycles. The van der Waals surface area contributed by atoms with Gasteiger partial charge in [0.2, 0.25) is 17.6 Å². The first-order chi connectivity index (χ1) is 16.3. The molecule has 5 unspecified atom stereocenters. The van der Waals surface area contributed by atoms with Crippen LogP contribution in [0.5, 0.6) is 0 Å². The molecule has 0 radical (unpaired) electrons. The average molecular weight is 546 g/mol. The number of fused-ring (bicyclic) bond motifs is 1. The largest absolute Gasteiger partial charge is 0.363 e. The van der Waals surface area contributed by atoms with Gasteiger partial charge in [0.25, 0.3) is 5.91 Å². The Morgan fingerprint density at radius 3 is 2.08 bits per heavy atom. The van der Waals surface area contributed by atoms with Gasteiger partial charge in [0.05, 0.1) is 6.04 Å². The molecule has 36 heavy (non-hydrogen) atoms. The van der Waals surface area contributed by atoms with Gasteiger partial charge in [0, 0.05) is 23.9 Å². The van der Waals surface area contributed by atoms with Gasteiger partial charge in [-0.25, -0.2) is 4.79 Å². The predicted octanol–water partition coefficient (Wildman–Crippen LogP) is 1.47.